The molecule has 2 heterocycles. The van der Waals surface area contributed by atoms with Crippen LogP contribution in [0.25, 0.3) is 0 Å². The minimum atomic E-state index is -0.945. The van der Waals surface area contributed by atoms with Crippen molar-refractivity contribution in [3.63, 3.8) is 0 Å². The molecule has 2 fully saturated rings. The third-order valence-electron chi connectivity index (χ3n) is 3.83. The van der Waals surface area contributed by atoms with Crippen LogP contribution in [0.5, 0.6) is 0 Å². The van der Waals surface area contributed by atoms with Gasteiger partial charge in [0, 0.05) is 0 Å². The lowest BCUT2D eigenvalue weighted by molar-refractivity contribution is -0.228. The number of aliphatic hydroxyl groups is 2. The predicted octanol–water partition coefficient (Wildman–Crippen LogP) is 0.801. The smallest absolute Gasteiger partial charge is 0.190 e. The Bertz CT molecular complexity index is 491. The Labute approximate surface area is 129 Å². The summed E-state index contributed by atoms with van der Waals surface area (Å²) in [6.45, 7) is 3.98. The van der Waals surface area contributed by atoms with Gasteiger partial charge in [0.05, 0.1) is 13.2 Å². The van der Waals surface area contributed by atoms with E-state index in [2.05, 4.69) is 0 Å². The van der Waals surface area contributed by atoms with Gasteiger partial charge in [-0.05, 0) is 19.4 Å². The van der Waals surface area contributed by atoms with Gasteiger partial charge in [-0.3, -0.25) is 0 Å². The van der Waals surface area contributed by atoms with Gasteiger partial charge >= 0.3 is 0 Å². The summed E-state index contributed by atoms with van der Waals surface area (Å²) < 4.78 is 22.2. The minimum Gasteiger partial charge on any atom is -0.388 e. The van der Waals surface area contributed by atoms with E-state index < -0.39 is 36.5 Å². The Morgan fingerprint density at radius 3 is 2.64 bits per heavy atom. The maximum atomic E-state index is 10.2. The molecule has 0 aromatic heterocycles. The van der Waals surface area contributed by atoms with E-state index in [9.17, 15) is 10.2 Å². The van der Waals surface area contributed by atoms with Crippen LogP contribution < -0.4 is 0 Å². The topological polar surface area (TPSA) is 77.4 Å². The van der Waals surface area contributed by atoms with Crippen LogP contribution in [-0.4, -0.2) is 53.3 Å². The van der Waals surface area contributed by atoms with Gasteiger partial charge in [0.25, 0.3) is 0 Å². The Kier molecular flexibility index (Phi) is 4.49. The summed E-state index contributed by atoms with van der Waals surface area (Å²) >= 11 is 0. The summed E-state index contributed by atoms with van der Waals surface area (Å²) in [4.78, 5) is 0. The summed E-state index contributed by atoms with van der Waals surface area (Å²) in [7, 11) is 0. The summed E-state index contributed by atoms with van der Waals surface area (Å²) in [5.41, 5.74) is 1.02. The van der Waals surface area contributed by atoms with Gasteiger partial charge < -0.3 is 29.2 Å². The van der Waals surface area contributed by atoms with Crippen LogP contribution in [0.2, 0.25) is 0 Å². The first-order valence-corrected chi connectivity index (χ1v) is 7.45. The zero-order chi connectivity index (χ0) is 15.7. The molecule has 22 heavy (non-hydrogen) atoms. The van der Waals surface area contributed by atoms with E-state index >= 15 is 0 Å². The SMILES string of the molecule is CC1(C)O[C@H]2O[C@H]([C@@H](O)COCc3ccccc3)[C@@H](O)[C@H]2O1. The van der Waals surface area contributed by atoms with Crippen molar-refractivity contribution in [2.75, 3.05) is 6.61 Å². The molecule has 6 heteroatoms. The van der Waals surface area contributed by atoms with Crippen LogP contribution in [0, 0.1) is 0 Å². The Hall–Kier alpha value is -1.02. The number of fused-ring (bicyclic) bond motifs is 1. The average molecular weight is 310 g/mol. The standard InChI is InChI=1S/C16H22O6/c1-16(2)21-14-12(18)13(20-15(14)22-16)11(17)9-19-8-10-6-4-3-5-7-10/h3-7,11-15,17-18H,8-9H2,1-2H3/t11-,12+,13+,14+,15+/m0/s1. The van der Waals surface area contributed by atoms with Crippen LogP contribution >= 0.6 is 0 Å². The van der Waals surface area contributed by atoms with E-state index in [1.54, 1.807) is 13.8 Å². The first-order valence-electron chi connectivity index (χ1n) is 7.45. The molecule has 1 aromatic carbocycles. The molecule has 1 aromatic rings. The summed E-state index contributed by atoms with van der Waals surface area (Å²) in [6, 6.07) is 9.68. The Balaban J connectivity index is 1.48. The molecule has 0 aliphatic carbocycles. The van der Waals surface area contributed by atoms with Gasteiger partial charge in [0.15, 0.2) is 12.1 Å². The average Bonchev–Trinajstić information content (AvgIpc) is 2.94. The van der Waals surface area contributed by atoms with Crippen molar-refractivity contribution in [1.29, 1.82) is 0 Å². The Morgan fingerprint density at radius 2 is 1.95 bits per heavy atom. The highest BCUT2D eigenvalue weighted by Gasteiger charge is 2.55. The van der Waals surface area contributed by atoms with E-state index in [-0.39, 0.29) is 6.61 Å². The first kappa shape index (κ1) is 15.9. The van der Waals surface area contributed by atoms with E-state index in [0.29, 0.717) is 6.61 Å². The molecule has 122 valence electrons. The van der Waals surface area contributed by atoms with Gasteiger partial charge in [-0.1, -0.05) is 30.3 Å². The lowest BCUT2D eigenvalue weighted by Gasteiger charge is -2.25. The second-order valence-corrected chi connectivity index (χ2v) is 6.13. The van der Waals surface area contributed by atoms with Crippen molar-refractivity contribution in [3.05, 3.63) is 35.9 Å². The number of hydrogen-bond acceptors (Lipinski definition) is 6. The van der Waals surface area contributed by atoms with E-state index in [0.717, 1.165) is 5.56 Å². The molecule has 6 nitrogen and oxygen atoms in total. The summed E-state index contributed by atoms with van der Waals surface area (Å²) in [5, 5.41) is 20.4. The lowest BCUT2D eigenvalue weighted by Crippen LogP contribution is -2.42. The van der Waals surface area contributed by atoms with Crippen molar-refractivity contribution in [3.8, 4) is 0 Å². The summed E-state index contributed by atoms with van der Waals surface area (Å²) in [6.07, 6.45) is -3.90. The van der Waals surface area contributed by atoms with Gasteiger partial charge in [0.2, 0.25) is 0 Å². The zero-order valence-corrected chi connectivity index (χ0v) is 12.7. The molecule has 0 radical (unpaired) electrons. The fraction of sp³-hybridized carbons (Fsp3) is 0.625. The highest BCUT2D eigenvalue weighted by atomic mass is 16.8. The van der Waals surface area contributed by atoms with Crippen LogP contribution in [0.4, 0.5) is 0 Å². The highest BCUT2D eigenvalue weighted by molar-refractivity contribution is 5.13. The van der Waals surface area contributed by atoms with Crippen molar-refractivity contribution >= 4 is 0 Å². The molecule has 2 aliphatic rings. The number of benzene rings is 1. The Morgan fingerprint density at radius 1 is 1.23 bits per heavy atom. The van der Waals surface area contributed by atoms with E-state index in [4.69, 9.17) is 18.9 Å². The first-order chi connectivity index (χ1) is 10.5. The van der Waals surface area contributed by atoms with Gasteiger partial charge in [-0.25, -0.2) is 0 Å². The molecule has 0 bridgehead atoms. The highest BCUT2D eigenvalue weighted by Crippen LogP contribution is 2.38. The van der Waals surface area contributed by atoms with E-state index in [1.165, 1.54) is 0 Å². The van der Waals surface area contributed by atoms with Gasteiger partial charge in [-0.15, -0.1) is 0 Å². The van der Waals surface area contributed by atoms with Crippen molar-refractivity contribution in [1.82, 2.24) is 0 Å². The van der Waals surface area contributed by atoms with Crippen molar-refractivity contribution in [2.24, 2.45) is 0 Å². The largest absolute Gasteiger partial charge is 0.388 e. The third-order valence-corrected chi connectivity index (χ3v) is 3.83. The van der Waals surface area contributed by atoms with Gasteiger partial charge in [0.1, 0.15) is 24.4 Å². The van der Waals surface area contributed by atoms with Crippen molar-refractivity contribution < 1.29 is 29.2 Å². The minimum absolute atomic E-state index is 0.0689. The number of rotatable bonds is 5. The zero-order valence-electron chi connectivity index (χ0n) is 12.7. The van der Waals surface area contributed by atoms with Crippen LogP contribution in [0.15, 0.2) is 30.3 Å². The molecular weight excluding hydrogens is 288 g/mol. The fourth-order valence-corrected chi connectivity index (χ4v) is 2.80. The molecule has 2 saturated heterocycles. The number of ether oxygens (including phenoxy) is 4. The lowest BCUT2D eigenvalue weighted by atomic mass is 10.1. The molecule has 0 saturated carbocycles. The predicted molar refractivity (Wildman–Crippen MR) is 76.8 cm³/mol. The third kappa shape index (κ3) is 3.32. The van der Waals surface area contributed by atoms with Crippen molar-refractivity contribution in [2.45, 2.75) is 56.9 Å². The van der Waals surface area contributed by atoms with E-state index in [1.807, 2.05) is 30.3 Å². The molecule has 0 amide bonds. The van der Waals surface area contributed by atoms with Crippen LogP contribution in [0.1, 0.15) is 19.4 Å². The molecular formula is C16H22O6. The molecule has 0 unspecified atom stereocenters. The van der Waals surface area contributed by atoms with Crippen LogP contribution in [-0.2, 0) is 25.6 Å². The second kappa shape index (κ2) is 6.23. The second-order valence-electron chi connectivity index (χ2n) is 6.13. The van der Waals surface area contributed by atoms with Gasteiger partial charge in [-0.2, -0.15) is 0 Å². The molecule has 5 atom stereocenters. The number of hydrogen-bond donors (Lipinski definition) is 2. The normalized spacial score (nSPS) is 34.5. The maximum Gasteiger partial charge on any atom is 0.190 e. The fourth-order valence-electron chi connectivity index (χ4n) is 2.80. The molecule has 0 spiro atoms. The molecule has 2 N–H and O–H groups in total. The molecule has 3 rings (SSSR count). The number of aliphatic hydroxyl groups excluding tert-OH is 2. The quantitative estimate of drug-likeness (QED) is 0.838. The maximum absolute atomic E-state index is 10.2. The van der Waals surface area contributed by atoms with Crippen LogP contribution in [0.3, 0.4) is 0 Å². The summed E-state index contributed by atoms with van der Waals surface area (Å²) in [5.74, 6) is -0.782. The molecule has 2 aliphatic heterocycles. The monoisotopic (exact) mass is 310 g/mol.